The van der Waals surface area contributed by atoms with Crippen molar-refractivity contribution < 1.29 is 9.18 Å². The molecule has 6 nitrogen and oxygen atoms in total. The van der Waals surface area contributed by atoms with Crippen LogP contribution < -0.4 is 16.6 Å². The molecule has 0 saturated carbocycles. The number of hydrogen-bond donors (Lipinski definition) is 2. The molecule has 2 N–H and O–H groups in total. The first kappa shape index (κ1) is 17.6. The molecule has 3 aromatic rings. The van der Waals surface area contributed by atoms with Crippen LogP contribution in [0.5, 0.6) is 0 Å². The number of aromatic amines is 1. The molecule has 0 aliphatic carbocycles. The number of carbonyl (C=O) groups is 1. The standard InChI is InChI=1S/C19H18FN3O3/c20-13-8-10-14(11-9-13)21-17(24)7-3-4-12-23-18(25)15-5-1-2-6-16(15)22-19(23)26/h1-2,5-6,8-11H,3-4,7,12H2,(H,21,24)(H,22,26). The van der Waals surface area contributed by atoms with Crippen molar-refractivity contribution in [2.24, 2.45) is 0 Å². The number of rotatable bonds is 6. The van der Waals surface area contributed by atoms with Gasteiger partial charge in [-0.1, -0.05) is 12.1 Å². The van der Waals surface area contributed by atoms with Gasteiger partial charge in [-0.15, -0.1) is 0 Å². The van der Waals surface area contributed by atoms with Crippen LogP contribution in [0.4, 0.5) is 10.1 Å². The van der Waals surface area contributed by atoms with Crippen molar-refractivity contribution in [2.45, 2.75) is 25.8 Å². The topological polar surface area (TPSA) is 84.0 Å². The van der Waals surface area contributed by atoms with Crippen molar-refractivity contribution in [3.8, 4) is 0 Å². The van der Waals surface area contributed by atoms with Gasteiger partial charge in [0.15, 0.2) is 0 Å². The number of halogens is 1. The predicted molar refractivity (Wildman–Crippen MR) is 97.7 cm³/mol. The van der Waals surface area contributed by atoms with Gasteiger partial charge in [0.25, 0.3) is 5.56 Å². The maximum atomic E-state index is 12.8. The van der Waals surface area contributed by atoms with Gasteiger partial charge in [-0.05, 0) is 49.2 Å². The third-order valence-corrected chi connectivity index (χ3v) is 4.05. The highest BCUT2D eigenvalue weighted by molar-refractivity contribution is 5.90. The van der Waals surface area contributed by atoms with Gasteiger partial charge in [0, 0.05) is 18.7 Å². The van der Waals surface area contributed by atoms with Gasteiger partial charge in [0.05, 0.1) is 10.9 Å². The van der Waals surface area contributed by atoms with Gasteiger partial charge >= 0.3 is 5.69 Å². The quantitative estimate of drug-likeness (QED) is 0.667. The Labute approximate surface area is 148 Å². The number of nitrogens with zero attached hydrogens (tertiary/aromatic N) is 1. The van der Waals surface area contributed by atoms with Crippen molar-refractivity contribution >= 4 is 22.5 Å². The Balaban J connectivity index is 1.56. The fourth-order valence-corrected chi connectivity index (χ4v) is 2.71. The zero-order chi connectivity index (χ0) is 18.5. The number of aromatic nitrogens is 2. The first-order chi connectivity index (χ1) is 12.5. The summed E-state index contributed by atoms with van der Waals surface area (Å²) < 4.78 is 14.0. The molecule has 3 rings (SSSR count). The van der Waals surface area contributed by atoms with Crippen LogP contribution in [0, 0.1) is 5.82 Å². The summed E-state index contributed by atoms with van der Waals surface area (Å²) in [6.45, 7) is 0.239. The van der Waals surface area contributed by atoms with Crippen LogP contribution in [0.15, 0.2) is 58.1 Å². The summed E-state index contributed by atoms with van der Waals surface area (Å²) in [5, 5.41) is 3.13. The van der Waals surface area contributed by atoms with E-state index in [4.69, 9.17) is 0 Å². The average Bonchev–Trinajstić information content (AvgIpc) is 2.63. The second kappa shape index (κ2) is 7.77. The van der Waals surface area contributed by atoms with E-state index in [0.29, 0.717) is 29.4 Å². The van der Waals surface area contributed by atoms with Crippen molar-refractivity contribution in [2.75, 3.05) is 5.32 Å². The molecule has 0 fully saturated rings. The summed E-state index contributed by atoms with van der Waals surface area (Å²) in [4.78, 5) is 39.0. The predicted octanol–water partition coefficient (Wildman–Crippen LogP) is 2.64. The number of nitrogens with one attached hydrogen (secondary N) is 2. The molecule has 0 radical (unpaired) electrons. The fourth-order valence-electron chi connectivity index (χ4n) is 2.71. The van der Waals surface area contributed by atoms with Crippen LogP contribution in [0.2, 0.25) is 0 Å². The molecule has 0 bridgehead atoms. The minimum absolute atomic E-state index is 0.198. The van der Waals surface area contributed by atoms with E-state index in [0.717, 1.165) is 4.57 Å². The maximum absolute atomic E-state index is 12.8. The smallest absolute Gasteiger partial charge is 0.326 e. The van der Waals surface area contributed by atoms with Crippen LogP contribution in [0.25, 0.3) is 10.9 Å². The summed E-state index contributed by atoms with van der Waals surface area (Å²) in [5.41, 5.74) is 0.251. The SMILES string of the molecule is O=C(CCCCn1c(=O)[nH]c2ccccc2c1=O)Nc1ccc(F)cc1. The number of para-hydroxylation sites is 1. The van der Waals surface area contributed by atoms with Crippen molar-refractivity contribution in [3.63, 3.8) is 0 Å². The Morgan fingerprint density at radius 2 is 1.77 bits per heavy atom. The molecule has 134 valence electrons. The Kier molecular flexibility index (Phi) is 5.26. The third kappa shape index (κ3) is 4.05. The van der Waals surface area contributed by atoms with Crippen molar-refractivity contribution in [1.29, 1.82) is 0 Å². The number of amides is 1. The van der Waals surface area contributed by atoms with Crippen molar-refractivity contribution in [3.05, 3.63) is 75.2 Å². The summed E-state index contributed by atoms with van der Waals surface area (Å²) >= 11 is 0. The highest BCUT2D eigenvalue weighted by atomic mass is 19.1. The summed E-state index contributed by atoms with van der Waals surface area (Å²) in [6.07, 6.45) is 1.28. The van der Waals surface area contributed by atoms with Crippen molar-refractivity contribution in [1.82, 2.24) is 9.55 Å². The van der Waals surface area contributed by atoms with Gasteiger partial charge in [0.2, 0.25) is 5.91 Å². The van der Waals surface area contributed by atoms with Crippen LogP contribution in [-0.4, -0.2) is 15.5 Å². The molecule has 1 heterocycles. The minimum Gasteiger partial charge on any atom is -0.326 e. The number of H-pyrrole nitrogens is 1. The molecule has 0 atom stereocenters. The number of fused-ring (bicyclic) bond motifs is 1. The van der Waals surface area contributed by atoms with Gasteiger partial charge in [-0.25, -0.2) is 9.18 Å². The molecule has 7 heteroatoms. The highest BCUT2D eigenvalue weighted by Gasteiger charge is 2.08. The van der Waals surface area contributed by atoms with E-state index in [-0.39, 0.29) is 30.2 Å². The molecule has 0 unspecified atom stereocenters. The number of carbonyl (C=O) groups excluding carboxylic acids is 1. The number of hydrogen-bond acceptors (Lipinski definition) is 3. The molecule has 0 saturated heterocycles. The lowest BCUT2D eigenvalue weighted by molar-refractivity contribution is -0.116. The van der Waals surface area contributed by atoms with E-state index in [2.05, 4.69) is 10.3 Å². The molecule has 0 aliphatic heterocycles. The van der Waals surface area contributed by atoms with Crippen LogP contribution in [-0.2, 0) is 11.3 Å². The zero-order valence-electron chi connectivity index (χ0n) is 14.0. The Bertz CT molecular complexity index is 1040. The van der Waals surface area contributed by atoms with E-state index in [1.165, 1.54) is 24.3 Å². The number of benzene rings is 2. The van der Waals surface area contributed by atoms with Gasteiger partial charge in [0.1, 0.15) is 5.82 Å². The molecular weight excluding hydrogens is 337 g/mol. The van der Waals surface area contributed by atoms with Crippen LogP contribution in [0.1, 0.15) is 19.3 Å². The van der Waals surface area contributed by atoms with E-state index in [1.54, 1.807) is 24.3 Å². The largest absolute Gasteiger partial charge is 0.328 e. The molecule has 0 aliphatic rings. The van der Waals surface area contributed by atoms with E-state index in [1.807, 2.05) is 0 Å². The second-order valence-electron chi connectivity index (χ2n) is 5.94. The Hall–Kier alpha value is -3.22. The molecule has 1 amide bonds. The molecular formula is C19H18FN3O3. The summed E-state index contributed by atoms with van der Waals surface area (Å²) in [5.74, 6) is -0.564. The number of anilines is 1. The first-order valence-electron chi connectivity index (χ1n) is 8.32. The number of unbranched alkanes of at least 4 members (excludes halogenated alkanes) is 1. The maximum Gasteiger partial charge on any atom is 0.328 e. The van der Waals surface area contributed by atoms with Crippen LogP contribution in [0.3, 0.4) is 0 Å². The van der Waals surface area contributed by atoms with E-state index < -0.39 is 5.69 Å². The Morgan fingerprint density at radius 1 is 1.04 bits per heavy atom. The molecule has 2 aromatic carbocycles. The lowest BCUT2D eigenvalue weighted by Gasteiger charge is -2.07. The third-order valence-electron chi connectivity index (χ3n) is 4.05. The van der Waals surface area contributed by atoms with E-state index >= 15 is 0 Å². The summed E-state index contributed by atoms with van der Waals surface area (Å²) in [6, 6.07) is 12.4. The van der Waals surface area contributed by atoms with E-state index in [9.17, 15) is 18.8 Å². The van der Waals surface area contributed by atoms with Gasteiger partial charge in [-0.3, -0.25) is 14.2 Å². The Morgan fingerprint density at radius 3 is 2.54 bits per heavy atom. The zero-order valence-corrected chi connectivity index (χ0v) is 14.0. The fraction of sp³-hybridized carbons (Fsp3) is 0.211. The molecule has 26 heavy (non-hydrogen) atoms. The monoisotopic (exact) mass is 355 g/mol. The summed E-state index contributed by atoms with van der Waals surface area (Å²) in [7, 11) is 0. The highest BCUT2D eigenvalue weighted by Crippen LogP contribution is 2.09. The molecule has 1 aromatic heterocycles. The molecule has 0 spiro atoms. The minimum atomic E-state index is -0.454. The van der Waals surface area contributed by atoms with Crippen LogP contribution >= 0.6 is 0 Å². The average molecular weight is 355 g/mol. The lowest BCUT2D eigenvalue weighted by Crippen LogP contribution is -2.35. The first-order valence-corrected chi connectivity index (χ1v) is 8.32. The lowest BCUT2D eigenvalue weighted by atomic mass is 10.2. The second-order valence-corrected chi connectivity index (χ2v) is 5.94. The van der Waals surface area contributed by atoms with Gasteiger partial charge < -0.3 is 10.3 Å². The normalized spacial score (nSPS) is 10.8. The van der Waals surface area contributed by atoms with Gasteiger partial charge in [-0.2, -0.15) is 0 Å².